The molecule has 6 heteroatoms. The average molecular weight is 349 g/mol. The van der Waals surface area contributed by atoms with Crippen LogP contribution >= 0.6 is 15.9 Å². The zero-order chi connectivity index (χ0) is 15.6. The first-order valence-electron chi connectivity index (χ1n) is 6.39. The van der Waals surface area contributed by atoms with Gasteiger partial charge >= 0.3 is 0 Å². The molecule has 2 aromatic rings. The van der Waals surface area contributed by atoms with Crippen molar-refractivity contribution in [3.8, 4) is 0 Å². The number of aryl methyl sites for hydroxylation is 1. The predicted octanol–water partition coefficient (Wildman–Crippen LogP) is 3.05. The van der Waals surface area contributed by atoms with Gasteiger partial charge in [-0.2, -0.15) is 0 Å². The Hall–Kier alpha value is -2.08. The number of carbonyl (C=O) groups is 1. The number of pyridine rings is 1. The van der Waals surface area contributed by atoms with Gasteiger partial charge in [-0.05, 0) is 52.7 Å². The van der Waals surface area contributed by atoms with Crippen LogP contribution < -0.4 is 16.0 Å². The zero-order valence-corrected chi connectivity index (χ0v) is 13.7. The number of hydrogen-bond acceptors (Lipinski definition) is 4. The van der Waals surface area contributed by atoms with Gasteiger partial charge in [-0.15, -0.1) is 0 Å². The van der Waals surface area contributed by atoms with E-state index in [-0.39, 0.29) is 5.91 Å². The van der Waals surface area contributed by atoms with Gasteiger partial charge in [0, 0.05) is 25.5 Å². The molecule has 0 unspecified atom stereocenters. The molecule has 110 valence electrons. The van der Waals surface area contributed by atoms with Crippen LogP contribution in [0.25, 0.3) is 0 Å². The monoisotopic (exact) mass is 348 g/mol. The molecule has 0 fully saturated rings. The van der Waals surface area contributed by atoms with Crippen LogP contribution in [0.15, 0.2) is 35.1 Å². The van der Waals surface area contributed by atoms with Crippen LogP contribution in [-0.2, 0) is 0 Å². The number of hydrogen-bond donors (Lipinski definition) is 2. The van der Waals surface area contributed by atoms with Crippen LogP contribution in [0.1, 0.15) is 15.9 Å². The summed E-state index contributed by atoms with van der Waals surface area (Å²) in [5.41, 5.74) is 9.27. The Bertz CT molecular complexity index is 685. The third kappa shape index (κ3) is 3.52. The lowest BCUT2D eigenvalue weighted by atomic mass is 10.1. The van der Waals surface area contributed by atoms with Crippen molar-refractivity contribution in [2.45, 2.75) is 6.92 Å². The van der Waals surface area contributed by atoms with Crippen LogP contribution in [0.4, 0.5) is 17.1 Å². The summed E-state index contributed by atoms with van der Waals surface area (Å²) in [6.45, 7) is 1.92. The number of halogens is 1. The van der Waals surface area contributed by atoms with Gasteiger partial charge in [0.2, 0.25) is 0 Å². The van der Waals surface area contributed by atoms with Crippen molar-refractivity contribution in [1.29, 1.82) is 0 Å². The van der Waals surface area contributed by atoms with Crippen molar-refractivity contribution in [1.82, 2.24) is 4.98 Å². The number of amides is 1. The molecule has 0 atom stereocenters. The van der Waals surface area contributed by atoms with E-state index in [1.165, 1.54) is 0 Å². The van der Waals surface area contributed by atoms with Crippen LogP contribution in [0.3, 0.4) is 0 Å². The molecule has 0 aliphatic rings. The Morgan fingerprint density at radius 3 is 2.67 bits per heavy atom. The number of rotatable bonds is 3. The molecule has 1 amide bonds. The Kier molecular flexibility index (Phi) is 4.47. The van der Waals surface area contributed by atoms with E-state index in [2.05, 4.69) is 26.2 Å². The van der Waals surface area contributed by atoms with E-state index in [0.717, 1.165) is 15.9 Å². The lowest BCUT2D eigenvalue weighted by Crippen LogP contribution is -2.19. The molecule has 0 radical (unpaired) electrons. The number of benzene rings is 1. The molecule has 1 aromatic heterocycles. The minimum Gasteiger partial charge on any atom is -0.399 e. The first-order valence-corrected chi connectivity index (χ1v) is 7.18. The molecule has 0 aliphatic heterocycles. The number of nitrogens with two attached hydrogens (primary N) is 1. The molecule has 0 bridgehead atoms. The van der Waals surface area contributed by atoms with Crippen LogP contribution in [0.2, 0.25) is 0 Å². The van der Waals surface area contributed by atoms with E-state index < -0.39 is 0 Å². The smallest absolute Gasteiger partial charge is 0.257 e. The second-order valence-corrected chi connectivity index (χ2v) is 5.71. The van der Waals surface area contributed by atoms with Gasteiger partial charge in [0.1, 0.15) is 4.60 Å². The highest BCUT2D eigenvalue weighted by molar-refractivity contribution is 9.10. The number of carbonyl (C=O) groups excluding carboxylic acids is 1. The molecule has 3 N–H and O–H groups in total. The summed E-state index contributed by atoms with van der Waals surface area (Å²) in [5, 5.41) is 2.84. The topological polar surface area (TPSA) is 71.2 Å². The van der Waals surface area contributed by atoms with Crippen molar-refractivity contribution in [2.75, 3.05) is 30.0 Å². The average Bonchev–Trinajstić information content (AvgIpc) is 2.42. The highest BCUT2D eigenvalue weighted by atomic mass is 79.9. The number of nitrogens with one attached hydrogen (secondary N) is 1. The van der Waals surface area contributed by atoms with Crippen molar-refractivity contribution < 1.29 is 4.79 Å². The minimum atomic E-state index is -0.213. The molecule has 0 saturated carbocycles. The summed E-state index contributed by atoms with van der Waals surface area (Å²) < 4.78 is 0.762. The predicted molar refractivity (Wildman–Crippen MR) is 89.8 cm³/mol. The minimum absolute atomic E-state index is 0.213. The Balaban J connectivity index is 2.31. The summed E-state index contributed by atoms with van der Waals surface area (Å²) in [6, 6.07) is 7.13. The fourth-order valence-electron chi connectivity index (χ4n) is 1.95. The lowest BCUT2D eigenvalue weighted by molar-refractivity contribution is 0.102. The van der Waals surface area contributed by atoms with Crippen molar-refractivity contribution in [2.24, 2.45) is 0 Å². The Morgan fingerprint density at radius 1 is 1.33 bits per heavy atom. The Labute approximate surface area is 132 Å². The summed E-state index contributed by atoms with van der Waals surface area (Å²) in [5.74, 6) is -0.213. The van der Waals surface area contributed by atoms with Crippen LogP contribution in [0.5, 0.6) is 0 Å². The molecule has 1 aromatic carbocycles. The fraction of sp³-hybridized carbons (Fsp3) is 0.200. The van der Waals surface area contributed by atoms with Gasteiger partial charge in [0.15, 0.2) is 0 Å². The Morgan fingerprint density at radius 2 is 2.05 bits per heavy atom. The first-order chi connectivity index (χ1) is 9.88. The molecular formula is C15H17BrN4O. The highest BCUT2D eigenvalue weighted by Gasteiger charge is 2.14. The maximum Gasteiger partial charge on any atom is 0.257 e. The molecule has 2 rings (SSSR count). The largest absolute Gasteiger partial charge is 0.399 e. The van der Waals surface area contributed by atoms with Gasteiger partial charge in [0.05, 0.1) is 17.4 Å². The van der Waals surface area contributed by atoms with Crippen LogP contribution in [-0.4, -0.2) is 25.0 Å². The van der Waals surface area contributed by atoms with E-state index >= 15 is 0 Å². The van der Waals surface area contributed by atoms with Crippen LogP contribution in [0, 0.1) is 6.92 Å². The standard InChI is InChI=1S/C15H17BrN4O/c1-9-6-11(8-18-14(9)16)19-15(21)12-7-10(17)4-5-13(12)20(2)3/h4-8H,17H2,1-3H3,(H,19,21). The van der Waals surface area contributed by atoms with E-state index in [1.807, 2.05) is 38.1 Å². The molecule has 1 heterocycles. The molecule has 0 aliphatic carbocycles. The van der Waals surface area contributed by atoms with E-state index in [9.17, 15) is 4.79 Å². The highest BCUT2D eigenvalue weighted by Crippen LogP contribution is 2.23. The normalized spacial score (nSPS) is 10.3. The van der Waals surface area contributed by atoms with E-state index in [1.54, 1.807) is 18.3 Å². The fourth-order valence-corrected chi connectivity index (χ4v) is 2.17. The van der Waals surface area contributed by atoms with Gasteiger partial charge < -0.3 is 16.0 Å². The SMILES string of the molecule is Cc1cc(NC(=O)c2cc(N)ccc2N(C)C)cnc1Br. The maximum atomic E-state index is 12.5. The number of anilines is 3. The van der Waals surface area contributed by atoms with Gasteiger partial charge in [0.25, 0.3) is 5.91 Å². The van der Waals surface area contributed by atoms with E-state index in [0.29, 0.717) is 16.9 Å². The summed E-state index contributed by atoms with van der Waals surface area (Å²) >= 11 is 3.33. The van der Waals surface area contributed by atoms with Gasteiger partial charge in [-0.1, -0.05) is 0 Å². The number of aromatic nitrogens is 1. The zero-order valence-electron chi connectivity index (χ0n) is 12.1. The number of nitrogens with zero attached hydrogens (tertiary/aromatic N) is 2. The molecular weight excluding hydrogens is 332 g/mol. The lowest BCUT2D eigenvalue weighted by Gasteiger charge is -2.17. The van der Waals surface area contributed by atoms with Gasteiger partial charge in [-0.3, -0.25) is 4.79 Å². The maximum absolute atomic E-state index is 12.5. The molecule has 21 heavy (non-hydrogen) atoms. The third-order valence-electron chi connectivity index (χ3n) is 3.02. The van der Waals surface area contributed by atoms with Crippen molar-refractivity contribution in [3.63, 3.8) is 0 Å². The molecule has 5 nitrogen and oxygen atoms in total. The molecule has 0 spiro atoms. The van der Waals surface area contributed by atoms with E-state index in [4.69, 9.17) is 5.73 Å². The second kappa shape index (κ2) is 6.13. The molecule has 0 saturated heterocycles. The quantitative estimate of drug-likeness (QED) is 0.660. The third-order valence-corrected chi connectivity index (χ3v) is 3.85. The first kappa shape index (κ1) is 15.3. The van der Waals surface area contributed by atoms with Gasteiger partial charge in [-0.25, -0.2) is 4.98 Å². The summed E-state index contributed by atoms with van der Waals surface area (Å²) in [4.78, 5) is 18.5. The summed E-state index contributed by atoms with van der Waals surface area (Å²) in [7, 11) is 3.77. The summed E-state index contributed by atoms with van der Waals surface area (Å²) in [6.07, 6.45) is 1.61. The second-order valence-electron chi connectivity index (χ2n) is 4.96. The van der Waals surface area contributed by atoms with Crippen molar-refractivity contribution >= 4 is 38.9 Å². The number of nitrogen functional groups attached to an aromatic ring is 1. The van der Waals surface area contributed by atoms with Crippen molar-refractivity contribution in [3.05, 3.63) is 46.2 Å².